The molecule has 0 unspecified atom stereocenters. The Balaban J connectivity index is 1.05. The van der Waals surface area contributed by atoms with Crippen LogP contribution in [0.1, 0.15) is 22.3 Å². The summed E-state index contributed by atoms with van der Waals surface area (Å²) in [6, 6.07) is 81.0. The fourth-order valence-corrected chi connectivity index (χ4v) is 10.0. The summed E-state index contributed by atoms with van der Waals surface area (Å²) in [5.74, 6) is 0.689. The van der Waals surface area contributed by atoms with Crippen molar-refractivity contribution in [1.29, 1.82) is 0 Å². The Morgan fingerprint density at radius 2 is 0.873 bits per heavy atom. The number of hydrogen-bond donors (Lipinski definition) is 0. The van der Waals surface area contributed by atoms with E-state index < -0.39 is 5.41 Å². The zero-order chi connectivity index (χ0) is 41.7. The maximum atomic E-state index is 5.31. The summed E-state index contributed by atoms with van der Waals surface area (Å²) in [5.41, 5.74) is 16.5. The molecule has 0 aliphatic heterocycles. The molecule has 0 fully saturated rings. The van der Waals surface area contributed by atoms with Gasteiger partial charge in [0.2, 0.25) is 0 Å². The molecule has 9 aromatic carbocycles. The number of rotatable bonds is 7. The Morgan fingerprint density at radius 1 is 0.333 bits per heavy atom. The Kier molecular flexibility index (Phi) is 8.72. The van der Waals surface area contributed by atoms with E-state index in [4.69, 9.17) is 9.97 Å². The van der Waals surface area contributed by atoms with Crippen LogP contribution in [0, 0.1) is 0 Å². The van der Waals surface area contributed by atoms with Crippen molar-refractivity contribution in [1.82, 2.24) is 15.0 Å². The largest absolute Gasteiger partial charge is 0.264 e. The summed E-state index contributed by atoms with van der Waals surface area (Å²) >= 11 is 0. The van der Waals surface area contributed by atoms with Gasteiger partial charge in [0.1, 0.15) is 0 Å². The third-order valence-corrected chi connectivity index (χ3v) is 12.9. The van der Waals surface area contributed by atoms with E-state index in [2.05, 4.69) is 217 Å². The predicted molar refractivity (Wildman–Crippen MR) is 259 cm³/mol. The van der Waals surface area contributed by atoms with Crippen LogP contribution in [0.4, 0.5) is 0 Å². The first kappa shape index (κ1) is 36.6. The van der Waals surface area contributed by atoms with E-state index in [-0.39, 0.29) is 0 Å². The Morgan fingerprint density at radius 3 is 1.56 bits per heavy atom. The normalized spacial score (nSPS) is 12.6. The summed E-state index contributed by atoms with van der Waals surface area (Å²) in [4.78, 5) is 14.9. The quantitative estimate of drug-likeness (QED) is 0.161. The highest BCUT2D eigenvalue weighted by atomic mass is 14.9. The molecule has 0 N–H and O–H groups in total. The molecular weight excluding hydrogens is 763 g/mol. The first-order valence-corrected chi connectivity index (χ1v) is 21.5. The minimum Gasteiger partial charge on any atom is -0.264 e. The molecule has 0 spiro atoms. The molecule has 294 valence electrons. The van der Waals surface area contributed by atoms with E-state index in [9.17, 15) is 0 Å². The lowest BCUT2D eigenvalue weighted by Gasteiger charge is -2.34. The highest BCUT2D eigenvalue weighted by Crippen LogP contribution is 2.58. The van der Waals surface area contributed by atoms with Crippen LogP contribution < -0.4 is 0 Å². The number of pyridine rings is 1. The Hall–Kier alpha value is -8.27. The molecule has 1 aliphatic carbocycles. The van der Waals surface area contributed by atoms with Gasteiger partial charge in [-0.25, -0.2) is 9.97 Å². The predicted octanol–water partition coefficient (Wildman–Crippen LogP) is 14.9. The fraction of sp³-hybridized carbons (Fsp3) is 0.0167. The minimum absolute atomic E-state index is 0.527. The van der Waals surface area contributed by atoms with Crippen LogP contribution in [0.2, 0.25) is 0 Å². The number of benzene rings is 9. The molecule has 3 nitrogen and oxygen atoms in total. The van der Waals surface area contributed by atoms with Gasteiger partial charge in [0, 0.05) is 29.1 Å². The molecule has 3 heteroatoms. The lowest BCUT2D eigenvalue weighted by molar-refractivity contribution is 0.769. The first-order valence-electron chi connectivity index (χ1n) is 21.5. The molecule has 0 radical (unpaired) electrons. The van der Waals surface area contributed by atoms with Gasteiger partial charge < -0.3 is 0 Å². The highest BCUT2D eigenvalue weighted by molar-refractivity contribution is 6.07. The maximum absolute atomic E-state index is 5.31. The first-order chi connectivity index (χ1) is 31.2. The third kappa shape index (κ3) is 6.01. The standard InChI is InChI=1S/C60H39N3/c1-4-16-42(17-5-1)56-38-57(43-28-26-40(27-29-43)45-18-14-36-61-39-45)63-59(62-56)52-34-33-48(50-24-12-13-25-51(50)52)44-30-32-53-55(37-44)60(46-19-6-2-7-20-46,47-21-8-3-9-22-47)54-35-31-41-15-10-11-23-49(41)58(53)54/h1-39H. The molecule has 0 amide bonds. The molecule has 0 saturated carbocycles. The summed E-state index contributed by atoms with van der Waals surface area (Å²) < 4.78 is 0. The van der Waals surface area contributed by atoms with E-state index >= 15 is 0 Å². The molecule has 2 heterocycles. The van der Waals surface area contributed by atoms with Crippen LogP contribution in [0.15, 0.2) is 237 Å². The van der Waals surface area contributed by atoms with Gasteiger partial charge in [-0.05, 0) is 101 Å². The van der Waals surface area contributed by atoms with E-state index in [0.29, 0.717) is 5.82 Å². The van der Waals surface area contributed by atoms with Crippen molar-refractivity contribution in [3.63, 3.8) is 0 Å². The van der Waals surface area contributed by atoms with Crippen molar-refractivity contribution in [3.8, 4) is 67.3 Å². The second kappa shape index (κ2) is 15.0. The van der Waals surface area contributed by atoms with E-state index in [0.717, 1.165) is 55.5 Å². The Labute approximate surface area is 366 Å². The highest BCUT2D eigenvalue weighted by Gasteiger charge is 2.46. The van der Waals surface area contributed by atoms with Crippen LogP contribution in [-0.2, 0) is 5.41 Å². The van der Waals surface area contributed by atoms with Crippen molar-refractivity contribution in [2.45, 2.75) is 5.41 Å². The molecule has 1 aliphatic rings. The van der Waals surface area contributed by atoms with E-state index in [1.54, 1.807) is 6.20 Å². The Bertz CT molecular complexity index is 3430. The van der Waals surface area contributed by atoms with E-state index in [1.807, 2.05) is 18.3 Å². The number of nitrogens with zero attached hydrogens (tertiary/aromatic N) is 3. The van der Waals surface area contributed by atoms with Gasteiger partial charge in [-0.3, -0.25) is 4.98 Å². The van der Waals surface area contributed by atoms with Gasteiger partial charge in [-0.1, -0.05) is 200 Å². The van der Waals surface area contributed by atoms with Crippen LogP contribution in [0.25, 0.3) is 88.8 Å². The van der Waals surface area contributed by atoms with Gasteiger partial charge in [0.15, 0.2) is 5.82 Å². The SMILES string of the molecule is c1ccc(-c2cc(-c3ccc(-c4cccnc4)cc3)nc(-c3ccc(-c4ccc5c(c4)C(c4ccccc4)(c4ccccc4)c4ccc6ccccc6c4-5)c4ccccc34)n2)cc1. The fourth-order valence-electron chi connectivity index (χ4n) is 10.0. The minimum atomic E-state index is -0.527. The lowest BCUT2D eigenvalue weighted by Crippen LogP contribution is -2.28. The number of hydrogen-bond acceptors (Lipinski definition) is 3. The number of fused-ring (bicyclic) bond motifs is 6. The second-order valence-electron chi connectivity index (χ2n) is 16.3. The van der Waals surface area contributed by atoms with Crippen molar-refractivity contribution < 1.29 is 0 Å². The van der Waals surface area contributed by atoms with Crippen LogP contribution in [0.5, 0.6) is 0 Å². The maximum Gasteiger partial charge on any atom is 0.161 e. The van der Waals surface area contributed by atoms with Crippen LogP contribution >= 0.6 is 0 Å². The van der Waals surface area contributed by atoms with Crippen molar-refractivity contribution in [3.05, 3.63) is 259 Å². The van der Waals surface area contributed by atoms with E-state index in [1.165, 1.54) is 49.7 Å². The number of aromatic nitrogens is 3. The van der Waals surface area contributed by atoms with Crippen LogP contribution in [0.3, 0.4) is 0 Å². The topological polar surface area (TPSA) is 38.7 Å². The second-order valence-corrected chi connectivity index (χ2v) is 16.3. The summed E-state index contributed by atoms with van der Waals surface area (Å²) in [6.07, 6.45) is 3.70. The zero-order valence-electron chi connectivity index (χ0n) is 34.4. The average molecular weight is 802 g/mol. The van der Waals surface area contributed by atoms with Gasteiger partial charge in [0.25, 0.3) is 0 Å². The third-order valence-electron chi connectivity index (χ3n) is 12.9. The summed E-state index contributed by atoms with van der Waals surface area (Å²) in [5, 5.41) is 4.77. The van der Waals surface area contributed by atoms with Crippen LogP contribution in [-0.4, -0.2) is 15.0 Å². The smallest absolute Gasteiger partial charge is 0.161 e. The molecule has 0 atom stereocenters. The molecule has 2 aromatic heterocycles. The van der Waals surface area contributed by atoms with Gasteiger partial charge >= 0.3 is 0 Å². The van der Waals surface area contributed by atoms with Gasteiger partial charge in [-0.15, -0.1) is 0 Å². The van der Waals surface area contributed by atoms with Crippen molar-refractivity contribution >= 4 is 21.5 Å². The average Bonchev–Trinajstić information content (AvgIpc) is 3.68. The van der Waals surface area contributed by atoms with Crippen molar-refractivity contribution in [2.24, 2.45) is 0 Å². The van der Waals surface area contributed by atoms with Gasteiger partial charge in [-0.2, -0.15) is 0 Å². The monoisotopic (exact) mass is 801 g/mol. The molecule has 12 rings (SSSR count). The molecule has 11 aromatic rings. The molecule has 0 saturated heterocycles. The molecule has 0 bridgehead atoms. The zero-order valence-corrected chi connectivity index (χ0v) is 34.4. The molecule has 63 heavy (non-hydrogen) atoms. The summed E-state index contributed by atoms with van der Waals surface area (Å²) in [7, 11) is 0. The van der Waals surface area contributed by atoms with Gasteiger partial charge in [0.05, 0.1) is 16.8 Å². The molecular formula is C60H39N3. The summed E-state index contributed by atoms with van der Waals surface area (Å²) in [6.45, 7) is 0. The van der Waals surface area contributed by atoms with Crippen molar-refractivity contribution in [2.75, 3.05) is 0 Å². The lowest BCUT2D eigenvalue weighted by atomic mass is 9.67.